The normalized spacial score (nSPS) is 10.6. The Morgan fingerprint density at radius 2 is 0.956 bits per heavy atom. The van der Waals surface area contributed by atoms with Gasteiger partial charge >= 0.3 is 23.9 Å². The van der Waals surface area contributed by atoms with Gasteiger partial charge in [0.25, 0.3) is 0 Å². The van der Waals surface area contributed by atoms with Crippen molar-refractivity contribution < 1.29 is 38.1 Å². The predicted octanol–water partition coefficient (Wildman–Crippen LogP) is 8.02. The molecule has 8 nitrogen and oxygen atoms in total. The zero-order valence-electron chi connectivity index (χ0n) is 26.1. The lowest BCUT2D eigenvalue weighted by molar-refractivity contribution is -0.130. The van der Waals surface area contributed by atoms with E-state index < -0.39 is 23.9 Å². The first-order valence-corrected chi connectivity index (χ1v) is 14.2. The van der Waals surface area contributed by atoms with Gasteiger partial charge in [-0.05, 0) is 77.4 Å². The van der Waals surface area contributed by atoms with E-state index in [0.29, 0.717) is 33.8 Å². The van der Waals surface area contributed by atoms with Crippen LogP contribution in [0.5, 0.6) is 23.0 Å². The van der Waals surface area contributed by atoms with Gasteiger partial charge in [-0.15, -0.1) is 0 Å². The van der Waals surface area contributed by atoms with Crippen molar-refractivity contribution in [3.63, 3.8) is 0 Å². The van der Waals surface area contributed by atoms with E-state index >= 15 is 0 Å². The zero-order chi connectivity index (χ0) is 33.4. The molecule has 232 valence electrons. The lowest BCUT2D eigenvalue weighted by atomic mass is 9.88. The third-order valence-electron chi connectivity index (χ3n) is 6.65. The molecule has 0 N–H and O–H groups in total. The molecule has 0 amide bonds. The summed E-state index contributed by atoms with van der Waals surface area (Å²) in [5, 5.41) is 0. The van der Waals surface area contributed by atoms with Gasteiger partial charge < -0.3 is 18.9 Å². The maximum absolute atomic E-state index is 12.9. The minimum Gasteiger partial charge on any atom is -0.423 e. The zero-order valence-corrected chi connectivity index (χ0v) is 26.1. The van der Waals surface area contributed by atoms with E-state index in [1.807, 2.05) is 27.7 Å². The highest BCUT2D eigenvalue weighted by Crippen LogP contribution is 2.46. The van der Waals surface area contributed by atoms with Gasteiger partial charge in [0.05, 0.1) is 0 Å². The highest BCUT2D eigenvalue weighted by Gasteiger charge is 2.24. The molecule has 0 aromatic heterocycles. The van der Waals surface area contributed by atoms with Gasteiger partial charge in [-0.2, -0.15) is 0 Å². The van der Waals surface area contributed by atoms with Crippen molar-refractivity contribution in [2.24, 2.45) is 0 Å². The number of ether oxygens (including phenoxy) is 4. The Balaban J connectivity index is 2.40. The minimum absolute atomic E-state index is 0.0650. The van der Waals surface area contributed by atoms with Crippen molar-refractivity contribution in [2.75, 3.05) is 0 Å². The molecular formula is C37H36O8. The van der Waals surface area contributed by atoms with Gasteiger partial charge in [-0.3, -0.25) is 0 Å². The number of rotatable bonds is 12. The Kier molecular flexibility index (Phi) is 11.2. The lowest BCUT2D eigenvalue weighted by Crippen LogP contribution is -2.11. The molecule has 3 rings (SSSR count). The van der Waals surface area contributed by atoms with Gasteiger partial charge in [-0.25, -0.2) is 19.2 Å². The van der Waals surface area contributed by atoms with Crippen LogP contribution < -0.4 is 18.9 Å². The van der Waals surface area contributed by atoms with Crippen LogP contribution in [0, 0.1) is 0 Å². The molecule has 45 heavy (non-hydrogen) atoms. The second kappa shape index (κ2) is 14.8. The summed E-state index contributed by atoms with van der Waals surface area (Å²) in [6, 6.07) is 13.3. The van der Waals surface area contributed by atoms with E-state index in [1.165, 1.54) is 6.92 Å². The first kappa shape index (κ1) is 34.0. The highest BCUT2D eigenvalue weighted by molar-refractivity contribution is 5.93. The van der Waals surface area contributed by atoms with Crippen molar-refractivity contribution in [3.8, 4) is 45.3 Å². The van der Waals surface area contributed by atoms with Crippen molar-refractivity contribution in [3.05, 3.63) is 110 Å². The molecule has 0 unspecified atom stereocenters. The summed E-state index contributed by atoms with van der Waals surface area (Å²) in [4.78, 5) is 49.2. The molecule has 0 heterocycles. The van der Waals surface area contributed by atoms with E-state index in [-0.39, 0.29) is 28.9 Å². The van der Waals surface area contributed by atoms with Crippen LogP contribution in [0.25, 0.3) is 22.3 Å². The average molecular weight is 609 g/mol. The first-order chi connectivity index (χ1) is 21.3. The number of carbonyl (C=O) groups excluding carboxylic acids is 4. The molecule has 0 saturated carbocycles. The van der Waals surface area contributed by atoms with Crippen LogP contribution in [0.1, 0.15) is 57.6 Å². The predicted molar refractivity (Wildman–Crippen MR) is 173 cm³/mol. The number of hydrogen-bond acceptors (Lipinski definition) is 8. The van der Waals surface area contributed by atoms with E-state index in [9.17, 15) is 19.2 Å². The van der Waals surface area contributed by atoms with Crippen molar-refractivity contribution >= 4 is 23.9 Å². The van der Waals surface area contributed by atoms with Crippen molar-refractivity contribution in [1.29, 1.82) is 0 Å². The summed E-state index contributed by atoms with van der Waals surface area (Å²) in [5.74, 6) is -1.75. The van der Waals surface area contributed by atoms with E-state index in [4.69, 9.17) is 18.9 Å². The summed E-state index contributed by atoms with van der Waals surface area (Å²) in [6.07, 6.45) is 3.18. The maximum atomic E-state index is 12.9. The van der Waals surface area contributed by atoms with E-state index in [0.717, 1.165) is 29.4 Å². The van der Waals surface area contributed by atoms with Gasteiger partial charge in [0, 0.05) is 34.9 Å². The summed E-state index contributed by atoms with van der Waals surface area (Å²) in [7, 11) is 0. The molecule has 0 fully saturated rings. The number of benzene rings is 3. The molecule has 0 radical (unpaired) electrons. The summed E-state index contributed by atoms with van der Waals surface area (Å²) < 4.78 is 22.3. The third-order valence-corrected chi connectivity index (χ3v) is 6.65. The molecule has 0 spiro atoms. The topological polar surface area (TPSA) is 105 Å². The standard InChI is InChI=1S/C37H36O8/c1-10-34(38)42-24-13-15-26(28(17-24)21(4)5)30-20-33(45-37(41)23(8)9)31(19-32(30)44-36(40)12-3)27-16-14-25(43-35(39)11-2)18-29(27)22(6)7/h10-22H,1-3,8H2,4-7,9H3. The number of esters is 4. The molecule has 0 aliphatic carbocycles. The number of carbonyl (C=O) groups is 4. The van der Waals surface area contributed by atoms with Crippen LogP contribution >= 0.6 is 0 Å². The fourth-order valence-electron chi connectivity index (χ4n) is 4.46. The second-order valence-electron chi connectivity index (χ2n) is 10.7. The van der Waals surface area contributed by atoms with Crippen LogP contribution in [0.15, 0.2) is 98.6 Å². The van der Waals surface area contributed by atoms with Crippen LogP contribution in [-0.4, -0.2) is 23.9 Å². The third kappa shape index (κ3) is 8.32. The van der Waals surface area contributed by atoms with Crippen LogP contribution in [-0.2, 0) is 19.2 Å². The summed E-state index contributed by atoms with van der Waals surface area (Å²) in [6.45, 7) is 23.5. The molecule has 0 atom stereocenters. The Morgan fingerprint density at radius 3 is 1.31 bits per heavy atom. The Morgan fingerprint density at radius 1 is 0.578 bits per heavy atom. The number of hydrogen-bond donors (Lipinski definition) is 0. The van der Waals surface area contributed by atoms with Gasteiger partial charge in [0.15, 0.2) is 0 Å². The molecular weight excluding hydrogens is 572 g/mol. The highest BCUT2D eigenvalue weighted by atomic mass is 16.5. The second-order valence-corrected chi connectivity index (χ2v) is 10.7. The summed E-state index contributed by atoms with van der Waals surface area (Å²) >= 11 is 0. The average Bonchev–Trinajstić information content (AvgIpc) is 3.01. The Hall–Kier alpha value is -5.50. The summed E-state index contributed by atoms with van der Waals surface area (Å²) in [5.41, 5.74) is 3.87. The molecule has 0 aliphatic rings. The van der Waals surface area contributed by atoms with Crippen LogP contribution in [0.3, 0.4) is 0 Å². The first-order valence-electron chi connectivity index (χ1n) is 14.2. The fourth-order valence-corrected chi connectivity index (χ4v) is 4.46. The molecule has 0 aliphatic heterocycles. The van der Waals surface area contributed by atoms with Crippen molar-refractivity contribution in [1.82, 2.24) is 0 Å². The van der Waals surface area contributed by atoms with Gasteiger partial charge in [0.2, 0.25) is 0 Å². The van der Waals surface area contributed by atoms with Crippen LogP contribution in [0.4, 0.5) is 0 Å². The van der Waals surface area contributed by atoms with Crippen molar-refractivity contribution in [2.45, 2.75) is 46.5 Å². The Labute approximate surface area is 263 Å². The van der Waals surface area contributed by atoms with Crippen LogP contribution in [0.2, 0.25) is 0 Å². The monoisotopic (exact) mass is 608 g/mol. The van der Waals surface area contributed by atoms with Gasteiger partial charge in [-0.1, -0.05) is 66.1 Å². The lowest BCUT2D eigenvalue weighted by Gasteiger charge is -2.22. The molecule has 8 heteroatoms. The molecule has 3 aromatic carbocycles. The maximum Gasteiger partial charge on any atom is 0.338 e. The van der Waals surface area contributed by atoms with E-state index in [1.54, 1.807) is 48.5 Å². The molecule has 3 aromatic rings. The fraction of sp³-hybridized carbons (Fsp3) is 0.189. The quantitative estimate of drug-likeness (QED) is 0.116. The SMILES string of the molecule is C=CC(=O)Oc1ccc(-c2cc(OC(=O)C(=C)C)c(-c3ccc(OC(=O)C=C)cc3C(C)C)cc2OC(=O)C=C)c(C(C)C)c1. The largest absolute Gasteiger partial charge is 0.423 e. The Bertz CT molecular complexity index is 1710. The van der Waals surface area contributed by atoms with E-state index in [2.05, 4.69) is 26.3 Å². The molecule has 0 saturated heterocycles. The molecule has 0 bridgehead atoms. The smallest absolute Gasteiger partial charge is 0.338 e. The van der Waals surface area contributed by atoms with Gasteiger partial charge in [0.1, 0.15) is 23.0 Å². The minimum atomic E-state index is -0.702.